The van der Waals surface area contributed by atoms with Crippen LogP contribution in [0.3, 0.4) is 0 Å². The summed E-state index contributed by atoms with van der Waals surface area (Å²) >= 11 is 0. The summed E-state index contributed by atoms with van der Waals surface area (Å²) in [4.78, 5) is 38.4. The molecular formula is C20H34F2N4O8. The highest BCUT2D eigenvalue weighted by Crippen LogP contribution is 2.37. The lowest BCUT2D eigenvalue weighted by Gasteiger charge is -2.45. The van der Waals surface area contributed by atoms with E-state index < -0.39 is 72.8 Å². The third-order valence-electron chi connectivity index (χ3n) is 5.27. The van der Waals surface area contributed by atoms with Crippen molar-refractivity contribution in [2.45, 2.75) is 94.8 Å². The van der Waals surface area contributed by atoms with Crippen LogP contribution in [0.5, 0.6) is 0 Å². The Kier molecular flexibility index (Phi) is 11.6. The molecule has 7 atom stereocenters. The van der Waals surface area contributed by atoms with Crippen LogP contribution in [0.2, 0.25) is 0 Å². The molecule has 1 heterocycles. The minimum atomic E-state index is -4.01. The van der Waals surface area contributed by atoms with E-state index in [1.54, 1.807) is 0 Å². The molecule has 1 aliphatic rings. The molecule has 14 heteroatoms. The van der Waals surface area contributed by atoms with E-state index in [-0.39, 0.29) is 6.42 Å². The molecule has 8 N–H and O–H groups in total. The van der Waals surface area contributed by atoms with Gasteiger partial charge in [-0.05, 0) is 6.42 Å². The van der Waals surface area contributed by atoms with Gasteiger partial charge in [0.15, 0.2) is 12.1 Å². The van der Waals surface area contributed by atoms with Gasteiger partial charge in [0.25, 0.3) is 0 Å². The predicted molar refractivity (Wildman–Crippen MR) is 115 cm³/mol. The van der Waals surface area contributed by atoms with Crippen molar-refractivity contribution in [2.24, 2.45) is 16.5 Å². The quantitative estimate of drug-likeness (QED) is 0.0813. The van der Waals surface area contributed by atoms with E-state index >= 15 is 0 Å². The number of amides is 1. The molecule has 0 aliphatic carbocycles. The highest BCUT2D eigenvalue weighted by Gasteiger charge is 2.63. The van der Waals surface area contributed by atoms with E-state index in [1.165, 1.54) is 0 Å². The highest BCUT2D eigenvalue weighted by molar-refractivity contribution is 5.79. The monoisotopic (exact) mass is 496 g/mol. The second-order valence-electron chi connectivity index (χ2n) is 8.11. The Balaban J connectivity index is 3.00. The van der Waals surface area contributed by atoms with E-state index in [0.29, 0.717) is 6.42 Å². The molecule has 0 aromatic rings. The first kappa shape index (κ1) is 29.5. The Morgan fingerprint density at radius 3 is 2.35 bits per heavy atom. The normalized spacial score (nSPS) is 28.4. The number of carbonyl (C=O) groups is 3. The van der Waals surface area contributed by atoms with Crippen LogP contribution in [0, 0.1) is 0 Å². The van der Waals surface area contributed by atoms with Crippen LogP contribution in [-0.4, -0.2) is 88.2 Å². The number of aliphatic hydroxyl groups excluding tert-OH is 2. The maximum atomic E-state index is 15.0. The third-order valence-corrected chi connectivity index (χ3v) is 5.27. The van der Waals surface area contributed by atoms with Gasteiger partial charge in [-0.15, -0.1) is 0 Å². The Hall–Kier alpha value is -2.58. The molecule has 1 amide bonds. The number of guanidine groups is 1. The fourth-order valence-electron chi connectivity index (χ4n) is 3.54. The number of nitrogens with zero attached hydrogens (tertiary/aromatic N) is 1. The van der Waals surface area contributed by atoms with E-state index in [4.69, 9.17) is 20.9 Å². The molecule has 0 spiro atoms. The third kappa shape index (κ3) is 8.02. The molecule has 12 nitrogen and oxygen atoms in total. The zero-order chi connectivity index (χ0) is 26.1. The minimum Gasteiger partial charge on any atom is -0.477 e. The van der Waals surface area contributed by atoms with Gasteiger partial charge in [-0.2, -0.15) is 4.39 Å². The SMILES string of the molecule is CCCCCCCC(=O)OC[C@@H](O)[C@@H](O)C1O[C@@](F)(C(=O)O)[C@@H](F)C(N=C(N)N)[C@H]1NC(C)=O. The topological polar surface area (TPSA) is 207 Å². The van der Waals surface area contributed by atoms with E-state index in [1.807, 2.05) is 6.92 Å². The van der Waals surface area contributed by atoms with Crippen molar-refractivity contribution in [1.29, 1.82) is 0 Å². The molecule has 0 radical (unpaired) electrons. The number of aliphatic carboxylic acids is 1. The summed E-state index contributed by atoms with van der Waals surface area (Å²) in [6.45, 7) is 2.31. The Labute approximate surface area is 195 Å². The van der Waals surface area contributed by atoms with Gasteiger partial charge in [0.2, 0.25) is 5.91 Å². The minimum absolute atomic E-state index is 0.0731. The van der Waals surface area contributed by atoms with Crippen LogP contribution >= 0.6 is 0 Å². The lowest BCUT2D eigenvalue weighted by atomic mass is 9.86. The van der Waals surface area contributed by atoms with Gasteiger partial charge in [0.05, 0.1) is 6.04 Å². The van der Waals surface area contributed by atoms with Gasteiger partial charge in [0, 0.05) is 13.3 Å². The number of nitrogens with one attached hydrogen (secondary N) is 1. The molecule has 196 valence electrons. The standard InChI is InChI=1S/C20H34F2N4O8/c1-3-4-5-6-7-8-12(29)33-9-11(28)15(30)16-13(25-10(2)27)14(26-19(23)24)17(21)20(22,34-16)18(31)32/h11,13-17,28,30H,3-9H2,1-2H3,(H,25,27)(H,31,32)(H4,23,24,26)/t11-,13-,14?,15-,16?,17+,20-/m1/s1. The molecule has 34 heavy (non-hydrogen) atoms. The lowest BCUT2D eigenvalue weighted by molar-refractivity contribution is -0.276. The average Bonchev–Trinajstić information content (AvgIpc) is 2.75. The van der Waals surface area contributed by atoms with Gasteiger partial charge in [-0.25, -0.2) is 14.2 Å². The number of hydrogen-bond acceptors (Lipinski definition) is 8. The summed E-state index contributed by atoms with van der Waals surface area (Å²) in [6, 6.07) is -3.71. The number of hydrogen-bond donors (Lipinski definition) is 6. The van der Waals surface area contributed by atoms with Crippen molar-refractivity contribution in [3.63, 3.8) is 0 Å². The Bertz CT molecular complexity index is 739. The second kappa shape index (κ2) is 13.3. The largest absolute Gasteiger partial charge is 0.477 e. The van der Waals surface area contributed by atoms with Crippen molar-refractivity contribution >= 4 is 23.8 Å². The van der Waals surface area contributed by atoms with Gasteiger partial charge >= 0.3 is 17.8 Å². The maximum Gasteiger partial charge on any atom is 0.372 e. The highest BCUT2D eigenvalue weighted by atomic mass is 19.2. The summed E-state index contributed by atoms with van der Waals surface area (Å²) in [7, 11) is 0. The van der Waals surface area contributed by atoms with Crippen LogP contribution in [-0.2, 0) is 23.9 Å². The van der Waals surface area contributed by atoms with Crippen molar-refractivity contribution in [2.75, 3.05) is 6.61 Å². The molecule has 0 aromatic heterocycles. The predicted octanol–water partition coefficient (Wildman–Crippen LogP) is -0.754. The van der Waals surface area contributed by atoms with Gasteiger partial charge < -0.3 is 41.6 Å². The molecule has 1 aliphatic heterocycles. The number of halogens is 2. The fraction of sp³-hybridized carbons (Fsp3) is 0.800. The summed E-state index contributed by atoms with van der Waals surface area (Å²) < 4.78 is 39.4. The number of nitrogens with two attached hydrogens (primary N) is 2. The molecule has 1 saturated heterocycles. The number of carbonyl (C=O) groups excluding carboxylic acids is 2. The number of carboxylic acid groups (broad SMARTS) is 1. The first-order chi connectivity index (χ1) is 15.8. The van der Waals surface area contributed by atoms with E-state index in [2.05, 4.69) is 10.3 Å². The van der Waals surface area contributed by atoms with Gasteiger partial charge in [-0.3, -0.25) is 9.59 Å². The molecule has 2 unspecified atom stereocenters. The van der Waals surface area contributed by atoms with E-state index in [0.717, 1.165) is 32.6 Å². The molecular weight excluding hydrogens is 462 g/mol. The Morgan fingerprint density at radius 1 is 1.21 bits per heavy atom. The van der Waals surface area contributed by atoms with Crippen LogP contribution in [0.25, 0.3) is 0 Å². The first-order valence-corrected chi connectivity index (χ1v) is 11.0. The molecule has 1 fully saturated rings. The van der Waals surface area contributed by atoms with Crippen LogP contribution in [0.4, 0.5) is 8.78 Å². The second-order valence-corrected chi connectivity index (χ2v) is 8.11. The number of rotatable bonds is 13. The zero-order valence-corrected chi connectivity index (χ0v) is 19.2. The van der Waals surface area contributed by atoms with Crippen LogP contribution < -0.4 is 16.8 Å². The van der Waals surface area contributed by atoms with E-state index in [9.17, 15) is 38.5 Å². The summed E-state index contributed by atoms with van der Waals surface area (Å²) in [6.07, 6.45) is -4.59. The molecule has 0 aromatic carbocycles. The molecule has 1 rings (SSSR count). The number of carboxylic acids is 1. The van der Waals surface area contributed by atoms with Crippen molar-refractivity contribution in [1.82, 2.24) is 5.32 Å². The van der Waals surface area contributed by atoms with Crippen molar-refractivity contribution < 1.29 is 48.0 Å². The zero-order valence-electron chi connectivity index (χ0n) is 19.2. The number of unbranched alkanes of at least 4 members (excludes halogenated alkanes) is 4. The maximum absolute atomic E-state index is 15.0. The summed E-state index contributed by atoms with van der Waals surface area (Å²) in [5.74, 6) is -8.59. The number of aliphatic imine (C=N–C) groups is 1. The summed E-state index contributed by atoms with van der Waals surface area (Å²) in [5.41, 5.74) is 10.5. The van der Waals surface area contributed by atoms with Crippen LogP contribution in [0.15, 0.2) is 4.99 Å². The number of aliphatic hydroxyl groups is 2. The van der Waals surface area contributed by atoms with Crippen molar-refractivity contribution in [3.05, 3.63) is 0 Å². The lowest BCUT2D eigenvalue weighted by Crippen LogP contribution is -2.71. The molecule has 0 bridgehead atoms. The van der Waals surface area contributed by atoms with Crippen LogP contribution in [0.1, 0.15) is 52.4 Å². The first-order valence-electron chi connectivity index (χ1n) is 11.0. The number of ether oxygens (including phenoxy) is 2. The smallest absolute Gasteiger partial charge is 0.372 e. The molecule has 0 saturated carbocycles. The average molecular weight is 497 g/mol. The van der Waals surface area contributed by atoms with Crippen molar-refractivity contribution in [3.8, 4) is 0 Å². The fourth-order valence-corrected chi connectivity index (χ4v) is 3.54. The Morgan fingerprint density at radius 2 is 1.82 bits per heavy atom. The summed E-state index contributed by atoms with van der Waals surface area (Å²) in [5, 5.41) is 32.2. The van der Waals surface area contributed by atoms with Gasteiger partial charge in [-0.1, -0.05) is 32.6 Å². The van der Waals surface area contributed by atoms with Gasteiger partial charge in [0.1, 0.15) is 31.0 Å². The number of alkyl halides is 2. The number of esters is 1.